The number of anilines is 6. The lowest BCUT2D eigenvalue weighted by Gasteiger charge is -2.28. The van der Waals surface area contributed by atoms with Gasteiger partial charge in [0.15, 0.2) is 0 Å². The number of hydrogen-bond donors (Lipinski definition) is 0. The predicted molar refractivity (Wildman–Crippen MR) is 149 cm³/mol. The summed E-state index contributed by atoms with van der Waals surface area (Å²) in [6.07, 6.45) is 0. The third-order valence-electron chi connectivity index (χ3n) is 6.03. The zero-order valence-corrected chi connectivity index (χ0v) is 20.1. The number of para-hydroxylation sites is 2. The minimum Gasteiger partial charge on any atom is -0.311 e. The Hall–Kier alpha value is -5.50. The fourth-order valence-corrected chi connectivity index (χ4v) is 4.25. The Balaban J connectivity index is 1.57. The number of rotatable bonds is 8. The van der Waals surface area contributed by atoms with Crippen molar-refractivity contribution in [1.82, 2.24) is 0 Å². The van der Waals surface area contributed by atoms with Crippen molar-refractivity contribution in [3.63, 3.8) is 0 Å². The number of non-ortho nitro benzene ring substituents is 2. The third kappa shape index (κ3) is 5.05. The van der Waals surface area contributed by atoms with Crippen molar-refractivity contribution in [2.45, 2.75) is 0 Å². The molecule has 0 amide bonds. The summed E-state index contributed by atoms with van der Waals surface area (Å²) in [7, 11) is 0. The van der Waals surface area contributed by atoms with Crippen LogP contribution < -0.4 is 9.80 Å². The Bertz CT molecular complexity index is 1440. The molecule has 0 heterocycles. The first-order valence-corrected chi connectivity index (χ1v) is 11.8. The smallest absolute Gasteiger partial charge is 0.269 e. The van der Waals surface area contributed by atoms with Crippen LogP contribution in [0.4, 0.5) is 45.5 Å². The van der Waals surface area contributed by atoms with Crippen LogP contribution in [0.3, 0.4) is 0 Å². The van der Waals surface area contributed by atoms with E-state index in [0.29, 0.717) is 11.4 Å². The summed E-state index contributed by atoms with van der Waals surface area (Å²) in [4.78, 5) is 25.5. The van der Waals surface area contributed by atoms with Crippen LogP contribution in [-0.4, -0.2) is 9.85 Å². The van der Waals surface area contributed by atoms with E-state index in [9.17, 15) is 20.2 Å². The molecule has 0 saturated heterocycles. The summed E-state index contributed by atoms with van der Waals surface area (Å²) in [5.74, 6) is 0. The van der Waals surface area contributed by atoms with E-state index in [0.717, 1.165) is 22.7 Å². The van der Waals surface area contributed by atoms with Crippen molar-refractivity contribution in [3.8, 4) is 0 Å². The highest BCUT2D eigenvalue weighted by Gasteiger charge is 2.17. The molecule has 0 aliphatic heterocycles. The van der Waals surface area contributed by atoms with E-state index in [1.165, 1.54) is 24.3 Å². The molecule has 0 bridgehead atoms. The van der Waals surface area contributed by atoms with Gasteiger partial charge in [-0.15, -0.1) is 0 Å². The van der Waals surface area contributed by atoms with Crippen molar-refractivity contribution in [2.24, 2.45) is 0 Å². The maximum Gasteiger partial charge on any atom is 0.269 e. The zero-order valence-electron chi connectivity index (χ0n) is 20.1. The average molecular weight is 503 g/mol. The SMILES string of the molecule is O=[N+]([O-])c1ccc(N(c2ccc(N(c3ccccc3)c3ccccc3)cc2)c2ccc([N+](=O)[O-])cc2)cc1. The van der Waals surface area contributed by atoms with Gasteiger partial charge in [-0.25, -0.2) is 0 Å². The summed E-state index contributed by atoms with van der Waals surface area (Å²) in [6.45, 7) is 0. The molecule has 0 spiro atoms. The van der Waals surface area contributed by atoms with Crippen LogP contribution in [0.2, 0.25) is 0 Å². The highest BCUT2D eigenvalue weighted by molar-refractivity contribution is 5.81. The van der Waals surface area contributed by atoms with E-state index in [2.05, 4.69) is 4.90 Å². The summed E-state index contributed by atoms with van der Waals surface area (Å²) in [6, 6.07) is 40.4. The molecule has 8 nitrogen and oxygen atoms in total. The number of hydrogen-bond acceptors (Lipinski definition) is 6. The number of nitrogens with zero attached hydrogens (tertiary/aromatic N) is 4. The Morgan fingerprint density at radius 1 is 0.368 bits per heavy atom. The largest absolute Gasteiger partial charge is 0.311 e. The molecule has 0 unspecified atom stereocenters. The van der Waals surface area contributed by atoms with Gasteiger partial charge in [0.1, 0.15) is 0 Å². The van der Waals surface area contributed by atoms with Gasteiger partial charge in [0.05, 0.1) is 9.85 Å². The summed E-state index contributed by atoms with van der Waals surface area (Å²) >= 11 is 0. The lowest BCUT2D eigenvalue weighted by atomic mass is 10.1. The molecule has 0 fully saturated rings. The topological polar surface area (TPSA) is 92.8 Å². The fourth-order valence-electron chi connectivity index (χ4n) is 4.25. The summed E-state index contributed by atoms with van der Waals surface area (Å²) < 4.78 is 0. The van der Waals surface area contributed by atoms with Crippen molar-refractivity contribution in [3.05, 3.63) is 154 Å². The Morgan fingerprint density at radius 2 is 0.605 bits per heavy atom. The third-order valence-corrected chi connectivity index (χ3v) is 6.03. The molecule has 5 rings (SSSR count). The highest BCUT2D eigenvalue weighted by Crippen LogP contribution is 2.39. The van der Waals surface area contributed by atoms with E-state index >= 15 is 0 Å². The van der Waals surface area contributed by atoms with E-state index < -0.39 is 9.85 Å². The van der Waals surface area contributed by atoms with Crippen LogP contribution in [-0.2, 0) is 0 Å². The molecule has 0 radical (unpaired) electrons. The molecule has 8 heteroatoms. The van der Waals surface area contributed by atoms with Gasteiger partial charge < -0.3 is 9.80 Å². The van der Waals surface area contributed by atoms with Gasteiger partial charge in [0.2, 0.25) is 0 Å². The second-order valence-corrected chi connectivity index (χ2v) is 8.41. The lowest BCUT2D eigenvalue weighted by molar-refractivity contribution is -0.385. The van der Waals surface area contributed by atoms with Crippen molar-refractivity contribution in [2.75, 3.05) is 9.80 Å². The molecule has 0 aromatic heterocycles. The first-order valence-electron chi connectivity index (χ1n) is 11.8. The second kappa shape index (κ2) is 10.6. The molecule has 0 N–H and O–H groups in total. The van der Waals surface area contributed by atoms with E-state index in [1.807, 2.05) is 89.8 Å². The van der Waals surface area contributed by atoms with Crippen molar-refractivity contribution < 1.29 is 9.85 Å². The Morgan fingerprint density at radius 3 is 0.868 bits per heavy atom. The van der Waals surface area contributed by atoms with Crippen molar-refractivity contribution in [1.29, 1.82) is 0 Å². The number of nitro benzene ring substituents is 2. The van der Waals surface area contributed by atoms with Crippen LogP contribution in [0.5, 0.6) is 0 Å². The standard InChI is InChI=1S/C30H22N4O4/c35-33(36)29-19-15-27(16-20-29)32(28-17-21-30(22-18-28)34(37)38)26-13-11-25(12-14-26)31(23-7-3-1-4-8-23)24-9-5-2-6-10-24/h1-22H. The molecule has 0 saturated carbocycles. The Labute approximate surface area is 218 Å². The molecule has 0 aliphatic carbocycles. The van der Waals surface area contributed by atoms with Gasteiger partial charge in [-0.05, 0) is 72.8 Å². The highest BCUT2D eigenvalue weighted by atomic mass is 16.6. The van der Waals surface area contributed by atoms with Crippen molar-refractivity contribution >= 4 is 45.5 Å². The van der Waals surface area contributed by atoms with E-state index in [1.54, 1.807) is 24.3 Å². The molecule has 5 aromatic rings. The first kappa shape index (κ1) is 24.2. The molecule has 0 aliphatic rings. The van der Waals surface area contributed by atoms with Crippen LogP contribution in [0.25, 0.3) is 0 Å². The monoisotopic (exact) mass is 502 g/mol. The summed E-state index contributed by atoms with van der Waals surface area (Å²) in [5, 5.41) is 22.4. The van der Waals surface area contributed by atoms with Crippen LogP contribution in [0.1, 0.15) is 0 Å². The summed E-state index contributed by atoms with van der Waals surface area (Å²) in [5.41, 5.74) is 5.07. The van der Waals surface area contributed by atoms with Crippen LogP contribution in [0.15, 0.2) is 133 Å². The molecule has 186 valence electrons. The van der Waals surface area contributed by atoms with E-state index in [-0.39, 0.29) is 11.4 Å². The number of nitro groups is 2. The minimum atomic E-state index is -0.448. The van der Waals surface area contributed by atoms with Gasteiger partial charge >= 0.3 is 0 Å². The van der Waals surface area contributed by atoms with Crippen LogP contribution >= 0.6 is 0 Å². The quantitative estimate of drug-likeness (QED) is 0.156. The molecule has 0 atom stereocenters. The van der Waals surface area contributed by atoms with Gasteiger partial charge in [-0.1, -0.05) is 36.4 Å². The molecular weight excluding hydrogens is 480 g/mol. The maximum absolute atomic E-state index is 11.2. The zero-order chi connectivity index (χ0) is 26.5. The Kier molecular flexibility index (Phi) is 6.77. The second-order valence-electron chi connectivity index (χ2n) is 8.41. The van der Waals surface area contributed by atoms with Gasteiger partial charge in [-0.3, -0.25) is 20.2 Å². The van der Waals surface area contributed by atoms with Crippen LogP contribution in [0, 0.1) is 20.2 Å². The van der Waals surface area contributed by atoms with E-state index in [4.69, 9.17) is 0 Å². The fraction of sp³-hybridized carbons (Fsp3) is 0. The average Bonchev–Trinajstić information content (AvgIpc) is 2.96. The molecular formula is C30H22N4O4. The van der Waals surface area contributed by atoms with Gasteiger partial charge in [-0.2, -0.15) is 0 Å². The predicted octanol–water partition coefficient (Wildman–Crippen LogP) is 8.44. The molecule has 38 heavy (non-hydrogen) atoms. The number of benzene rings is 5. The first-order chi connectivity index (χ1) is 18.5. The van der Waals surface area contributed by atoms with Gasteiger partial charge in [0, 0.05) is 58.4 Å². The molecule has 5 aromatic carbocycles. The maximum atomic E-state index is 11.2. The minimum absolute atomic E-state index is 0.0193. The normalized spacial score (nSPS) is 10.5. The lowest BCUT2D eigenvalue weighted by Crippen LogP contribution is -2.12. The van der Waals surface area contributed by atoms with Gasteiger partial charge in [0.25, 0.3) is 11.4 Å².